The highest BCUT2D eigenvalue weighted by Gasteiger charge is 2.42. The standard InChI is InChI=1S/C30H44N2O5S/c1-18-9-8-10-19(2)28(35)20(3)29(36)30(4,5)25(33)16-27(34)37-23(13-11-18)21-12-14-24-22(15-21)31-26(38-24)17-32(6)7/h11-12,14-15,19-20,23,25,28,33,35H,8-10,13,16-17H2,1-7H3/b18-11-/t19?,20?,23-,25?,28-/m0/s1. The second-order valence-corrected chi connectivity index (χ2v) is 12.9. The van der Waals surface area contributed by atoms with E-state index in [4.69, 9.17) is 9.72 Å². The van der Waals surface area contributed by atoms with Crippen molar-refractivity contribution in [1.29, 1.82) is 0 Å². The monoisotopic (exact) mass is 544 g/mol. The number of ketones is 1. The number of aliphatic hydroxyl groups excluding tert-OH is 2. The second-order valence-electron chi connectivity index (χ2n) is 11.8. The maximum Gasteiger partial charge on any atom is 0.309 e. The van der Waals surface area contributed by atoms with Crippen molar-refractivity contribution in [3.8, 4) is 0 Å². The predicted molar refractivity (Wildman–Crippen MR) is 152 cm³/mol. The van der Waals surface area contributed by atoms with E-state index < -0.39 is 35.6 Å². The van der Waals surface area contributed by atoms with Crippen molar-refractivity contribution in [3.05, 3.63) is 40.4 Å². The summed E-state index contributed by atoms with van der Waals surface area (Å²) < 4.78 is 7.01. The fraction of sp³-hybridized carbons (Fsp3) is 0.633. The number of cyclic esters (lactones) is 1. The van der Waals surface area contributed by atoms with Crippen LogP contribution in [0.1, 0.15) is 83.4 Å². The molecule has 2 N–H and O–H groups in total. The molecular weight excluding hydrogens is 500 g/mol. The van der Waals surface area contributed by atoms with Gasteiger partial charge in [-0.1, -0.05) is 45.4 Å². The van der Waals surface area contributed by atoms with E-state index in [1.54, 1.807) is 32.1 Å². The Kier molecular flexibility index (Phi) is 10.3. The highest BCUT2D eigenvalue weighted by molar-refractivity contribution is 7.18. The van der Waals surface area contributed by atoms with Crippen LogP contribution < -0.4 is 0 Å². The molecule has 0 radical (unpaired) electrons. The van der Waals surface area contributed by atoms with Crippen LogP contribution in [-0.4, -0.2) is 58.2 Å². The van der Waals surface area contributed by atoms with Gasteiger partial charge in [-0.15, -0.1) is 11.3 Å². The van der Waals surface area contributed by atoms with Crippen molar-refractivity contribution in [2.24, 2.45) is 17.3 Å². The maximum absolute atomic E-state index is 13.3. The molecule has 7 nitrogen and oxygen atoms in total. The molecule has 0 spiro atoms. The topological polar surface area (TPSA) is 100.0 Å². The van der Waals surface area contributed by atoms with E-state index in [-0.39, 0.29) is 18.1 Å². The molecule has 0 saturated carbocycles. The Bertz CT molecular complexity index is 1150. The summed E-state index contributed by atoms with van der Waals surface area (Å²) in [5.41, 5.74) is 1.72. The normalized spacial score (nSPS) is 29.7. The van der Waals surface area contributed by atoms with Gasteiger partial charge in [0, 0.05) is 18.9 Å². The van der Waals surface area contributed by atoms with Crippen molar-refractivity contribution < 1.29 is 24.5 Å². The molecule has 2 aromatic rings. The lowest BCUT2D eigenvalue weighted by molar-refractivity contribution is -0.155. The van der Waals surface area contributed by atoms with Crippen LogP contribution in [0.5, 0.6) is 0 Å². The largest absolute Gasteiger partial charge is 0.457 e. The number of benzene rings is 1. The van der Waals surface area contributed by atoms with Crippen LogP contribution in [0.25, 0.3) is 10.2 Å². The molecule has 0 amide bonds. The second kappa shape index (κ2) is 12.8. The van der Waals surface area contributed by atoms with Gasteiger partial charge in [0.2, 0.25) is 0 Å². The number of nitrogens with zero attached hydrogens (tertiary/aromatic N) is 2. The van der Waals surface area contributed by atoms with Crippen LogP contribution >= 0.6 is 11.3 Å². The number of aromatic nitrogens is 1. The summed E-state index contributed by atoms with van der Waals surface area (Å²) in [7, 11) is 4.02. The van der Waals surface area contributed by atoms with Gasteiger partial charge < -0.3 is 19.8 Å². The van der Waals surface area contributed by atoms with Crippen LogP contribution in [0.2, 0.25) is 0 Å². The zero-order valence-electron chi connectivity index (χ0n) is 23.9. The minimum absolute atomic E-state index is 0.0532. The first-order valence-electron chi connectivity index (χ1n) is 13.6. The van der Waals surface area contributed by atoms with E-state index in [1.807, 2.05) is 39.2 Å². The predicted octanol–water partition coefficient (Wildman–Crippen LogP) is 5.44. The molecule has 0 bridgehead atoms. The SMILES string of the molecule is C/C1=C/C[C@@H](c2ccc3sc(CN(C)C)nc3c2)OC(=O)CC(O)C(C)(C)C(=O)C(C)[C@@H](O)C(C)CCC1. The molecule has 0 saturated heterocycles. The number of hydrogen-bond acceptors (Lipinski definition) is 8. The zero-order chi connectivity index (χ0) is 28.2. The lowest BCUT2D eigenvalue weighted by Gasteiger charge is -2.34. The van der Waals surface area contributed by atoms with Crippen LogP contribution in [0.15, 0.2) is 29.8 Å². The molecule has 0 fully saturated rings. The lowest BCUT2D eigenvalue weighted by Crippen LogP contribution is -2.45. The Morgan fingerprint density at radius 3 is 2.58 bits per heavy atom. The summed E-state index contributed by atoms with van der Waals surface area (Å²) in [6, 6.07) is 5.99. The van der Waals surface area contributed by atoms with E-state index in [9.17, 15) is 19.8 Å². The molecule has 38 heavy (non-hydrogen) atoms. The number of carbonyl (C=O) groups excluding carboxylic acids is 2. The van der Waals surface area contributed by atoms with Gasteiger partial charge in [0.25, 0.3) is 0 Å². The highest BCUT2D eigenvalue weighted by Crippen LogP contribution is 2.34. The number of carbonyl (C=O) groups is 2. The highest BCUT2D eigenvalue weighted by atomic mass is 32.1. The van der Waals surface area contributed by atoms with Crippen LogP contribution in [0, 0.1) is 17.3 Å². The fourth-order valence-corrected chi connectivity index (χ4v) is 6.15. The number of allylic oxidation sites excluding steroid dienone is 1. The first-order chi connectivity index (χ1) is 17.8. The van der Waals surface area contributed by atoms with Gasteiger partial charge in [-0.3, -0.25) is 9.59 Å². The Morgan fingerprint density at radius 1 is 1.18 bits per heavy atom. The molecule has 1 aliphatic rings. The molecule has 3 unspecified atom stereocenters. The van der Waals surface area contributed by atoms with Crippen molar-refractivity contribution in [1.82, 2.24) is 9.88 Å². The molecule has 0 aliphatic carbocycles. The van der Waals surface area contributed by atoms with Crippen LogP contribution in [0.4, 0.5) is 0 Å². The minimum Gasteiger partial charge on any atom is -0.457 e. The van der Waals surface area contributed by atoms with Crippen molar-refractivity contribution in [2.75, 3.05) is 14.1 Å². The average Bonchev–Trinajstić information content (AvgIpc) is 3.24. The van der Waals surface area contributed by atoms with E-state index in [0.717, 1.165) is 46.6 Å². The maximum atomic E-state index is 13.3. The molecule has 1 aromatic heterocycles. The van der Waals surface area contributed by atoms with Gasteiger partial charge in [-0.05, 0) is 63.9 Å². The summed E-state index contributed by atoms with van der Waals surface area (Å²) in [5.74, 6) is -1.51. The number of esters is 1. The summed E-state index contributed by atoms with van der Waals surface area (Å²) in [6.07, 6.45) is 2.30. The van der Waals surface area contributed by atoms with Crippen molar-refractivity contribution in [2.45, 2.75) is 91.6 Å². The Hall–Kier alpha value is -2.13. The summed E-state index contributed by atoms with van der Waals surface area (Å²) in [6.45, 7) is 9.77. The summed E-state index contributed by atoms with van der Waals surface area (Å²) in [5, 5.41) is 22.8. The van der Waals surface area contributed by atoms with Crippen molar-refractivity contribution >= 4 is 33.3 Å². The first-order valence-corrected chi connectivity index (χ1v) is 14.4. The third kappa shape index (κ3) is 7.50. The number of aliphatic hydroxyl groups is 2. The van der Waals surface area contributed by atoms with Crippen LogP contribution in [-0.2, 0) is 20.9 Å². The van der Waals surface area contributed by atoms with E-state index in [0.29, 0.717) is 6.42 Å². The molecule has 3 rings (SSSR count). The van der Waals surface area contributed by atoms with E-state index in [1.165, 1.54) is 5.57 Å². The smallest absolute Gasteiger partial charge is 0.309 e. The van der Waals surface area contributed by atoms with Gasteiger partial charge in [0.05, 0.1) is 34.3 Å². The van der Waals surface area contributed by atoms with Gasteiger partial charge in [-0.2, -0.15) is 0 Å². The Morgan fingerprint density at radius 2 is 1.89 bits per heavy atom. The zero-order valence-corrected chi connectivity index (χ0v) is 24.7. The third-order valence-corrected chi connectivity index (χ3v) is 8.82. The fourth-order valence-electron chi connectivity index (χ4n) is 5.09. The lowest BCUT2D eigenvalue weighted by atomic mass is 9.73. The molecule has 2 heterocycles. The molecule has 210 valence electrons. The summed E-state index contributed by atoms with van der Waals surface area (Å²) in [4.78, 5) is 33.2. The third-order valence-electron chi connectivity index (χ3n) is 7.80. The molecular formula is C30H44N2O5S. The molecule has 1 aromatic carbocycles. The van der Waals surface area contributed by atoms with Gasteiger partial charge in [-0.25, -0.2) is 4.98 Å². The van der Waals surface area contributed by atoms with E-state index in [2.05, 4.69) is 17.9 Å². The quantitative estimate of drug-likeness (QED) is 0.392. The first kappa shape index (κ1) is 30.4. The number of Topliss-reactive ketones (excluding diaryl/α,β-unsaturated/α-hetero) is 1. The van der Waals surface area contributed by atoms with Gasteiger partial charge >= 0.3 is 5.97 Å². The molecule has 5 atom stereocenters. The molecule has 8 heteroatoms. The number of ether oxygens (including phenoxy) is 1. The Balaban J connectivity index is 1.91. The average molecular weight is 545 g/mol. The van der Waals surface area contributed by atoms with Crippen LogP contribution in [0.3, 0.4) is 0 Å². The Labute approximate surface area is 230 Å². The minimum atomic E-state index is -1.23. The number of fused-ring (bicyclic) bond motifs is 1. The number of rotatable bonds is 3. The number of hydrogen-bond donors (Lipinski definition) is 2. The summed E-state index contributed by atoms with van der Waals surface area (Å²) >= 11 is 1.65. The number of thiazole rings is 1. The van der Waals surface area contributed by atoms with Gasteiger partial charge in [0.1, 0.15) is 16.9 Å². The van der Waals surface area contributed by atoms with E-state index >= 15 is 0 Å². The molecule has 1 aliphatic heterocycles. The van der Waals surface area contributed by atoms with Gasteiger partial charge in [0.15, 0.2) is 0 Å². The van der Waals surface area contributed by atoms with Crippen molar-refractivity contribution in [3.63, 3.8) is 0 Å².